The zero-order valence-corrected chi connectivity index (χ0v) is 61.1. The molecule has 1 fully saturated rings. The number of para-hydroxylation sites is 1. The number of carboxylic acid groups (broad SMARTS) is 4. The van der Waals surface area contributed by atoms with Gasteiger partial charge >= 0.3 is 23.9 Å². The highest BCUT2D eigenvalue weighted by Gasteiger charge is 2.46. The Balaban J connectivity index is 1.24. The fourth-order valence-electron chi connectivity index (χ4n) is 12.2. The van der Waals surface area contributed by atoms with Crippen LogP contribution in [0, 0.1) is 23.2 Å². The number of aliphatic carboxylic acids is 4. The van der Waals surface area contributed by atoms with Crippen molar-refractivity contribution < 1.29 is 97.1 Å². The minimum absolute atomic E-state index is 0.0356. The van der Waals surface area contributed by atoms with Gasteiger partial charge < -0.3 is 95.0 Å². The topological polar surface area (TPSA) is 577 Å². The summed E-state index contributed by atoms with van der Waals surface area (Å²) in [5.74, 6) is -16.5. The number of H-pyrrole nitrogens is 2. The Bertz CT molecular complexity index is 3770. The van der Waals surface area contributed by atoms with E-state index >= 15 is 0 Å². The van der Waals surface area contributed by atoms with E-state index in [1.807, 2.05) is 20.1 Å². The van der Waals surface area contributed by atoms with Crippen molar-refractivity contribution in [3.05, 3.63) is 84.1 Å². The molecule has 2 aromatic carbocycles. The average molecular weight is 1520 g/mol. The molecular formula is C69H97N17O20S. The fraction of sp³-hybridized carbons (Fsp3) is 0.522. The van der Waals surface area contributed by atoms with Gasteiger partial charge in [0.05, 0.1) is 32.5 Å². The van der Waals surface area contributed by atoms with Crippen LogP contribution in [-0.2, 0) is 84.8 Å². The molecule has 7 atom stereocenters. The first-order chi connectivity index (χ1) is 50.5. The van der Waals surface area contributed by atoms with E-state index in [4.69, 9.17) is 11.5 Å². The third-order valence-corrected chi connectivity index (χ3v) is 18.3. The van der Waals surface area contributed by atoms with E-state index in [0.29, 0.717) is 27.9 Å². The van der Waals surface area contributed by atoms with Gasteiger partial charge in [-0.2, -0.15) is 11.8 Å². The van der Waals surface area contributed by atoms with Crippen LogP contribution in [0.1, 0.15) is 108 Å². The minimum Gasteiger partial charge on any atom is -0.481 e. The van der Waals surface area contributed by atoms with Crippen LogP contribution in [0.25, 0.3) is 10.9 Å². The van der Waals surface area contributed by atoms with Crippen molar-refractivity contribution in [3.63, 3.8) is 0 Å². The van der Waals surface area contributed by atoms with Crippen LogP contribution >= 0.6 is 11.8 Å². The number of aromatic amines is 2. The molecule has 0 spiro atoms. The van der Waals surface area contributed by atoms with Gasteiger partial charge in [-0.15, -0.1) is 0 Å². The van der Waals surface area contributed by atoms with Gasteiger partial charge in [-0.05, 0) is 98.3 Å². The van der Waals surface area contributed by atoms with E-state index in [9.17, 15) is 97.1 Å². The Morgan fingerprint density at radius 2 is 1.17 bits per heavy atom. The molecule has 12 amide bonds. The lowest BCUT2D eigenvalue weighted by Gasteiger charge is -2.43. The molecule has 107 heavy (non-hydrogen) atoms. The van der Waals surface area contributed by atoms with Crippen LogP contribution in [0.2, 0.25) is 0 Å². The van der Waals surface area contributed by atoms with Gasteiger partial charge in [0.2, 0.25) is 65.0 Å². The lowest BCUT2D eigenvalue weighted by atomic mass is 9.68. The second-order valence-electron chi connectivity index (χ2n) is 27.0. The number of rotatable bonds is 45. The number of aromatic nitrogens is 3. The average Bonchev–Trinajstić information content (AvgIpc) is 1.79. The molecule has 4 aromatic rings. The molecule has 20 N–H and O–H groups in total. The number of fused-ring (bicyclic) bond motifs is 1. The van der Waals surface area contributed by atoms with Crippen molar-refractivity contribution in [2.45, 2.75) is 141 Å². The molecule has 1 aliphatic heterocycles. The monoisotopic (exact) mass is 1520 g/mol. The molecule has 0 bridgehead atoms. The summed E-state index contributed by atoms with van der Waals surface area (Å²) >= 11 is 1.44. The van der Waals surface area contributed by atoms with Gasteiger partial charge in [0.25, 0.3) is 5.91 Å². The molecule has 0 saturated carbocycles. The SMILES string of the molecule is CSCCC(NC(=O)C(CC(C)C)NC(=O)C(Cc1cnc[nH]1)NC(=O)CNC(=O)C(NC(=O)C(C)NC(=O)C(Cc1c[nH]c2ccccc12)NC(=O)C(CCC(N)=O)NC(=O)c1ccc(NC(=O)CNC(=O)CCC2(C(CC(=O)O)CC(=O)O)CN(CC(=O)O)CCN(CC(=O)O)C2)cc1)C(C)C)C(N)=O. The maximum absolute atomic E-state index is 14.5. The third-order valence-electron chi connectivity index (χ3n) is 17.7. The highest BCUT2D eigenvalue weighted by molar-refractivity contribution is 7.98. The number of amides is 12. The quantitative estimate of drug-likeness (QED) is 0.0225. The Morgan fingerprint density at radius 3 is 1.74 bits per heavy atom. The van der Waals surface area contributed by atoms with Crippen molar-refractivity contribution in [3.8, 4) is 0 Å². The number of anilines is 1. The van der Waals surface area contributed by atoms with Crippen LogP contribution in [0.3, 0.4) is 0 Å². The summed E-state index contributed by atoms with van der Waals surface area (Å²) in [6, 6.07) is 2.97. The van der Waals surface area contributed by atoms with Crippen molar-refractivity contribution in [2.24, 2.45) is 34.6 Å². The number of carbonyl (C=O) groups is 16. The summed E-state index contributed by atoms with van der Waals surface area (Å²) in [6.45, 7) is 5.41. The minimum atomic E-state index is -1.53. The van der Waals surface area contributed by atoms with Gasteiger partial charge in [0.1, 0.15) is 42.3 Å². The summed E-state index contributed by atoms with van der Waals surface area (Å²) in [4.78, 5) is 223. The van der Waals surface area contributed by atoms with E-state index < -0.39 is 206 Å². The lowest BCUT2D eigenvalue weighted by Crippen LogP contribution is -2.59. The zero-order chi connectivity index (χ0) is 79.2. The van der Waals surface area contributed by atoms with E-state index in [2.05, 4.69) is 68.1 Å². The second kappa shape index (κ2) is 42.2. The number of nitrogens with one attached hydrogen (secondary N) is 12. The van der Waals surface area contributed by atoms with Crippen LogP contribution in [0.5, 0.6) is 0 Å². The van der Waals surface area contributed by atoms with Gasteiger partial charge in [0.15, 0.2) is 0 Å². The number of hydrogen-bond acceptors (Lipinski definition) is 20. The van der Waals surface area contributed by atoms with Gasteiger partial charge in [0, 0.05) is 110 Å². The Hall–Kier alpha value is -11.0. The summed E-state index contributed by atoms with van der Waals surface area (Å²) < 4.78 is 0. The van der Waals surface area contributed by atoms with Gasteiger partial charge in [-0.1, -0.05) is 45.9 Å². The summed E-state index contributed by atoms with van der Waals surface area (Å²) in [7, 11) is 0. The zero-order valence-electron chi connectivity index (χ0n) is 60.3. The summed E-state index contributed by atoms with van der Waals surface area (Å²) in [5, 5.41) is 65.3. The molecule has 5 rings (SSSR count). The molecule has 7 unspecified atom stereocenters. The first-order valence-electron chi connectivity index (χ1n) is 34.5. The van der Waals surface area contributed by atoms with E-state index in [0.717, 1.165) is 0 Å². The lowest BCUT2D eigenvalue weighted by molar-refractivity contribution is -0.146. The van der Waals surface area contributed by atoms with Crippen molar-refractivity contribution in [2.75, 3.05) is 69.7 Å². The Labute approximate surface area is 619 Å². The molecule has 1 saturated heterocycles. The largest absolute Gasteiger partial charge is 0.481 e. The standard InChI is InChI=1S/C69H97N17O20S/c1-37(2)23-49(66(104)80-47(61(71)99)18-22-107-6)82-67(105)51(27-44-29-72-36-76-44)79-55(90)31-75-68(106)60(38(3)4)84-62(100)39(5)77-65(103)50(24-41-28-73-46-10-8-7-9-45(41)46)83-64(102)48(15-16-52(70)87)81-63(101)40-11-13-43(14-12-40)78-54(89)30-74-53(88)17-19-69(42(25-56(91)92)26-57(93)94)34-85(32-58(95)96)20-21-86(35-69)33-59(97)98/h7-14,28-29,36-39,42,47-51,60,73H,15-27,30-35H2,1-6H3,(H2,70,87)(H2,71,99)(H,72,76)(H,74,88)(H,75,106)(H,77,103)(H,78,89)(H,79,90)(H,80,104)(H,81,101)(H,82,105)(H,83,102)(H,84,100)(H,91,92)(H,93,94)(H,95,96)(H,97,98). The normalized spacial score (nSPS) is 15.0. The van der Waals surface area contributed by atoms with Crippen LogP contribution < -0.4 is 64.6 Å². The fourth-order valence-corrected chi connectivity index (χ4v) is 12.7. The number of carbonyl (C=O) groups excluding carboxylic acids is 12. The van der Waals surface area contributed by atoms with Crippen LogP contribution in [0.4, 0.5) is 5.69 Å². The maximum atomic E-state index is 14.5. The van der Waals surface area contributed by atoms with Crippen LogP contribution in [0.15, 0.2) is 67.3 Å². The van der Waals surface area contributed by atoms with Gasteiger partial charge in [-0.3, -0.25) is 86.5 Å². The highest BCUT2D eigenvalue weighted by atomic mass is 32.2. The molecule has 37 nitrogen and oxygen atoms in total. The number of imidazole rings is 1. The molecular weight excluding hydrogens is 1420 g/mol. The Kier molecular flexibility index (Phi) is 34.2. The first-order valence-corrected chi connectivity index (χ1v) is 35.9. The summed E-state index contributed by atoms with van der Waals surface area (Å²) in [5.41, 5.74) is 11.3. The number of nitrogens with zero attached hydrogens (tertiary/aromatic N) is 3. The summed E-state index contributed by atoms with van der Waals surface area (Å²) in [6.07, 6.45) is 3.42. The molecule has 0 radical (unpaired) electrons. The number of carboxylic acids is 4. The number of benzene rings is 2. The van der Waals surface area contributed by atoms with Crippen LogP contribution in [-0.4, -0.2) is 247 Å². The van der Waals surface area contributed by atoms with E-state index in [1.54, 1.807) is 44.3 Å². The third kappa shape index (κ3) is 29.1. The first kappa shape index (κ1) is 86.6. The van der Waals surface area contributed by atoms with Crippen molar-refractivity contribution in [1.82, 2.24) is 72.6 Å². The predicted molar refractivity (Wildman–Crippen MR) is 387 cm³/mol. The molecule has 38 heteroatoms. The van der Waals surface area contributed by atoms with Crippen molar-refractivity contribution >= 4 is 123 Å². The molecule has 584 valence electrons. The van der Waals surface area contributed by atoms with Gasteiger partial charge in [-0.25, -0.2) is 4.98 Å². The molecule has 1 aliphatic rings. The Morgan fingerprint density at radius 1 is 0.589 bits per heavy atom. The number of thioether (sulfide) groups is 1. The molecule has 2 aromatic heterocycles. The number of nitrogens with two attached hydrogens (primary N) is 2. The smallest absolute Gasteiger partial charge is 0.317 e. The second-order valence-corrected chi connectivity index (χ2v) is 28.0. The maximum Gasteiger partial charge on any atom is 0.317 e. The number of primary amides is 2. The number of hydrogen-bond donors (Lipinski definition) is 18. The molecule has 0 aliphatic carbocycles. The molecule has 3 heterocycles. The van der Waals surface area contributed by atoms with E-state index in [-0.39, 0.29) is 81.9 Å². The van der Waals surface area contributed by atoms with E-state index in [1.165, 1.54) is 65.3 Å². The highest BCUT2D eigenvalue weighted by Crippen LogP contribution is 2.41. The van der Waals surface area contributed by atoms with Crippen molar-refractivity contribution in [1.29, 1.82) is 0 Å². The predicted octanol–water partition coefficient (Wildman–Crippen LogP) is -2.10.